The molecule has 0 heterocycles. The second-order valence-electron chi connectivity index (χ2n) is 1.53. The molecule has 58 valence electrons. The van der Waals surface area contributed by atoms with Crippen LogP contribution in [-0.2, 0) is 14.3 Å². The number of carbonyl (C=O) groups excluding carboxylic acids is 2. The summed E-state index contributed by atoms with van der Waals surface area (Å²) in [5, 5.41) is 0. The predicted molar refractivity (Wildman–Crippen MR) is 27.6 cm³/mol. The smallest absolute Gasteiger partial charge is 0.351 e. The number of esters is 2. The third-order valence-electron chi connectivity index (χ3n) is 0.636. The first-order valence-electron chi connectivity index (χ1n) is 2.50. The van der Waals surface area contributed by atoms with Crippen molar-refractivity contribution in [3.8, 4) is 0 Å². The molecule has 0 aromatic heterocycles. The van der Waals surface area contributed by atoms with E-state index >= 15 is 0 Å². The molecule has 0 rings (SSSR count). The van der Waals surface area contributed by atoms with E-state index in [-0.39, 0.29) is 0 Å². The van der Waals surface area contributed by atoms with Crippen LogP contribution >= 0.6 is 0 Å². The van der Waals surface area contributed by atoms with Gasteiger partial charge in [0.1, 0.15) is 6.67 Å². The van der Waals surface area contributed by atoms with E-state index < -0.39 is 24.8 Å². The van der Waals surface area contributed by atoms with Gasteiger partial charge in [-0.05, 0) is 0 Å². The van der Waals surface area contributed by atoms with Gasteiger partial charge >= 0.3 is 11.9 Å². The third-order valence-corrected chi connectivity index (χ3v) is 0.636. The van der Waals surface area contributed by atoms with Crippen molar-refractivity contribution < 1.29 is 23.1 Å². The number of alkyl halides is 2. The fourth-order valence-corrected chi connectivity index (χ4v) is 0.269. The molecule has 0 aromatic carbocycles. The number of ether oxygens (including phenoxy) is 1. The average Bonchev–Trinajstić information content (AvgIpc) is 1.85. The van der Waals surface area contributed by atoms with Gasteiger partial charge in [0.15, 0.2) is 0 Å². The van der Waals surface area contributed by atoms with Gasteiger partial charge in [0.2, 0.25) is 6.17 Å². The van der Waals surface area contributed by atoms with Crippen LogP contribution in [0.1, 0.15) is 6.92 Å². The van der Waals surface area contributed by atoms with Crippen LogP contribution in [0.25, 0.3) is 0 Å². The van der Waals surface area contributed by atoms with Gasteiger partial charge < -0.3 is 4.74 Å². The highest BCUT2D eigenvalue weighted by Crippen LogP contribution is 1.95. The largest absolute Gasteiger partial charge is 0.391 e. The summed E-state index contributed by atoms with van der Waals surface area (Å²) < 4.78 is 26.9. The van der Waals surface area contributed by atoms with Crippen LogP contribution in [0.5, 0.6) is 0 Å². The summed E-state index contributed by atoms with van der Waals surface area (Å²) in [6.07, 6.45) is -2.34. The summed E-state index contributed by atoms with van der Waals surface area (Å²) in [5.74, 6) is -2.42. The average molecular weight is 152 g/mol. The Hall–Kier alpha value is -1.00. The van der Waals surface area contributed by atoms with Crippen LogP contribution in [0.15, 0.2) is 0 Å². The highest BCUT2D eigenvalue weighted by Gasteiger charge is 2.19. The van der Waals surface area contributed by atoms with Crippen molar-refractivity contribution in [3.05, 3.63) is 0 Å². The molecule has 0 aliphatic rings. The molecule has 0 radical (unpaired) electrons. The van der Waals surface area contributed by atoms with Crippen molar-refractivity contribution in [1.29, 1.82) is 0 Å². The fraction of sp³-hybridized carbons (Fsp3) is 0.600. The first kappa shape index (κ1) is 9.00. The Balaban J connectivity index is 3.73. The summed E-state index contributed by atoms with van der Waals surface area (Å²) in [7, 11) is 0. The minimum atomic E-state index is -2.34. The van der Waals surface area contributed by atoms with Crippen molar-refractivity contribution in [2.45, 2.75) is 13.1 Å². The first-order chi connectivity index (χ1) is 4.57. The molecule has 0 N–H and O–H groups in total. The van der Waals surface area contributed by atoms with E-state index in [9.17, 15) is 18.4 Å². The maximum Gasteiger partial charge on any atom is 0.351 e. The van der Waals surface area contributed by atoms with Gasteiger partial charge in [-0.25, -0.2) is 13.6 Å². The van der Waals surface area contributed by atoms with Crippen molar-refractivity contribution in [1.82, 2.24) is 0 Å². The summed E-state index contributed by atoms with van der Waals surface area (Å²) in [6.45, 7) is -0.533. The Kier molecular flexibility index (Phi) is 3.53. The minimum absolute atomic E-state index is 0.933. The summed E-state index contributed by atoms with van der Waals surface area (Å²) in [6, 6.07) is 0. The lowest BCUT2D eigenvalue weighted by molar-refractivity contribution is -0.162. The lowest BCUT2D eigenvalue weighted by atomic mass is 10.4. The van der Waals surface area contributed by atoms with Gasteiger partial charge in [0.05, 0.1) is 0 Å². The van der Waals surface area contributed by atoms with Gasteiger partial charge in [0, 0.05) is 6.92 Å². The van der Waals surface area contributed by atoms with Crippen LogP contribution in [0.4, 0.5) is 8.78 Å². The maximum atomic E-state index is 11.9. The molecule has 0 saturated carbocycles. The molecule has 5 heteroatoms. The second-order valence-corrected chi connectivity index (χ2v) is 1.53. The van der Waals surface area contributed by atoms with E-state index in [0.717, 1.165) is 6.92 Å². The van der Waals surface area contributed by atoms with E-state index in [1.807, 2.05) is 0 Å². The van der Waals surface area contributed by atoms with Crippen molar-refractivity contribution >= 4 is 11.9 Å². The molecule has 0 fully saturated rings. The monoisotopic (exact) mass is 152 g/mol. The van der Waals surface area contributed by atoms with Gasteiger partial charge in [-0.15, -0.1) is 0 Å². The zero-order valence-corrected chi connectivity index (χ0v) is 5.27. The summed E-state index contributed by atoms with van der Waals surface area (Å²) in [4.78, 5) is 20.1. The predicted octanol–water partition coefficient (Wildman–Crippen LogP) is 0.384. The van der Waals surface area contributed by atoms with Crippen LogP contribution in [0.3, 0.4) is 0 Å². The van der Waals surface area contributed by atoms with E-state index in [1.54, 1.807) is 0 Å². The molecular weight excluding hydrogens is 146 g/mol. The molecule has 10 heavy (non-hydrogen) atoms. The number of hydrogen-bond acceptors (Lipinski definition) is 3. The van der Waals surface area contributed by atoms with Crippen LogP contribution in [0, 0.1) is 0 Å². The van der Waals surface area contributed by atoms with Gasteiger partial charge in [-0.1, -0.05) is 0 Å². The van der Waals surface area contributed by atoms with E-state index in [0.29, 0.717) is 0 Å². The minimum Gasteiger partial charge on any atom is -0.391 e. The molecule has 1 unspecified atom stereocenters. The Morgan fingerprint density at radius 2 is 2.10 bits per heavy atom. The Bertz CT molecular complexity index is 146. The molecule has 3 nitrogen and oxygen atoms in total. The van der Waals surface area contributed by atoms with E-state index in [4.69, 9.17) is 0 Å². The standard InChI is InChI=1S/C5H6F2O3/c1-3(8)10-5(9)4(7)2-6/h4H,2H2,1H3. The first-order valence-corrected chi connectivity index (χ1v) is 2.50. The highest BCUT2D eigenvalue weighted by molar-refractivity contribution is 5.86. The molecule has 0 bridgehead atoms. The Labute approximate surface area is 56.0 Å². The Morgan fingerprint density at radius 3 is 2.40 bits per heavy atom. The van der Waals surface area contributed by atoms with Gasteiger partial charge in [-0.3, -0.25) is 4.79 Å². The second kappa shape index (κ2) is 3.92. The summed E-state index contributed by atoms with van der Waals surface area (Å²) in [5.41, 5.74) is 0. The number of hydrogen-bond donors (Lipinski definition) is 0. The van der Waals surface area contributed by atoms with E-state index in [1.165, 1.54) is 0 Å². The summed E-state index contributed by atoms with van der Waals surface area (Å²) >= 11 is 0. The quantitative estimate of drug-likeness (QED) is 0.424. The van der Waals surface area contributed by atoms with Gasteiger partial charge in [0.25, 0.3) is 0 Å². The van der Waals surface area contributed by atoms with E-state index in [2.05, 4.69) is 4.74 Å². The van der Waals surface area contributed by atoms with Crippen molar-refractivity contribution in [2.24, 2.45) is 0 Å². The number of carbonyl (C=O) groups is 2. The van der Waals surface area contributed by atoms with Crippen LogP contribution < -0.4 is 0 Å². The zero-order chi connectivity index (χ0) is 8.15. The molecule has 0 saturated heterocycles. The molecule has 0 aromatic rings. The topological polar surface area (TPSA) is 43.4 Å². The van der Waals surface area contributed by atoms with Crippen molar-refractivity contribution in [2.75, 3.05) is 6.67 Å². The molecule has 1 atom stereocenters. The SMILES string of the molecule is CC(=O)OC(=O)C(F)CF. The molecule has 0 aliphatic carbocycles. The molecular formula is C5H6F2O3. The zero-order valence-electron chi connectivity index (χ0n) is 5.27. The van der Waals surface area contributed by atoms with Crippen LogP contribution in [-0.4, -0.2) is 24.8 Å². The Morgan fingerprint density at radius 1 is 1.60 bits per heavy atom. The lowest BCUT2D eigenvalue weighted by Crippen LogP contribution is -2.22. The maximum absolute atomic E-state index is 11.9. The van der Waals surface area contributed by atoms with Crippen LogP contribution in [0.2, 0.25) is 0 Å². The molecule has 0 spiro atoms. The highest BCUT2D eigenvalue weighted by atomic mass is 19.2. The number of rotatable bonds is 2. The molecule has 0 aliphatic heterocycles. The fourth-order valence-electron chi connectivity index (χ4n) is 0.269. The number of halogens is 2. The third kappa shape index (κ3) is 3.11. The molecule has 0 amide bonds. The van der Waals surface area contributed by atoms with Gasteiger partial charge in [-0.2, -0.15) is 0 Å². The normalized spacial score (nSPS) is 12.3. The van der Waals surface area contributed by atoms with Crippen molar-refractivity contribution in [3.63, 3.8) is 0 Å². The lowest BCUT2D eigenvalue weighted by Gasteiger charge is -1.99.